The van der Waals surface area contributed by atoms with Crippen molar-refractivity contribution in [2.45, 2.75) is 247 Å². The van der Waals surface area contributed by atoms with Gasteiger partial charge in [0.2, 0.25) is 5.43 Å². The number of anilines is 10. The topological polar surface area (TPSA) is 472 Å². The average molecular weight is 1940 g/mol. The van der Waals surface area contributed by atoms with Gasteiger partial charge in [0, 0.05) is 108 Å². The van der Waals surface area contributed by atoms with E-state index >= 15 is 4.39 Å². The summed E-state index contributed by atoms with van der Waals surface area (Å²) >= 11 is 0. The molecule has 18 rings (SSSR count). The van der Waals surface area contributed by atoms with E-state index < -0.39 is 46.5 Å². The molecule has 10 N–H and O–H groups in total. The minimum atomic E-state index is -1.32. The molecule has 0 amide bonds. The number of aryl methyl sites for hydroxylation is 5. The van der Waals surface area contributed by atoms with Crippen molar-refractivity contribution in [3.8, 4) is 0 Å². The van der Waals surface area contributed by atoms with E-state index in [1.165, 1.54) is 67.5 Å². The van der Waals surface area contributed by atoms with E-state index in [0.717, 1.165) is 177 Å². The molecule has 10 heterocycles. The van der Waals surface area contributed by atoms with Gasteiger partial charge in [0.15, 0.2) is 44.7 Å². The summed E-state index contributed by atoms with van der Waals surface area (Å²) < 4.78 is 17.4. The van der Waals surface area contributed by atoms with Crippen LogP contribution in [0, 0.1) is 51.8 Å². The fraction of sp³-hybridized carbons (Fsp3) is 0.453. The first kappa shape index (κ1) is 102. The van der Waals surface area contributed by atoms with E-state index in [9.17, 15) is 58.2 Å². The Morgan fingerprint density at radius 2 is 0.803 bits per heavy atom. The van der Waals surface area contributed by atoms with Crippen molar-refractivity contribution >= 4 is 147 Å². The molecular weight excluding hydrogens is 1810 g/mol. The number of hydrogen-bond acceptors (Lipinski definition) is 25. The number of halogens is 1. The largest absolute Gasteiger partial charge is 0.481 e. The Balaban J connectivity index is 0.000000147. The van der Waals surface area contributed by atoms with Crippen LogP contribution in [-0.2, 0) is 32.1 Å². The summed E-state index contributed by atoms with van der Waals surface area (Å²) in [6.45, 7) is 34.6. The molecule has 35 nitrogen and oxygen atoms in total. The fourth-order valence-corrected chi connectivity index (χ4v) is 19.4. The number of aliphatic carboxylic acids is 4. The Bertz CT molecular complexity index is 7400. The summed E-state index contributed by atoms with van der Waals surface area (Å²) in [5.41, 5.74) is 15.0. The zero-order valence-corrected chi connectivity index (χ0v) is 82.0. The van der Waals surface area contributed by atoms with Gasteiger partial charge in [-0.15, -0.1) is 0 Å². The maximum absolute atomic E-state index is 15.6. The highest BCUT2D eigenvalue weighted by Crippen LogP contribution is 2.45. The maximum Gasteiger partial charge on any atom is 0.341 e. The lowest BCUT2D eigenvalue weighted by atomic mass is 9.87. The number of carbonyl (C=O) groups is 5. The van der Waals surface area contributed by atoms with Gasteiger partial charge in [-0.2, -0.15) is 0 Å². The van der Waals surface area contributed by atoms with Crippen molar-refractivity contribution in [2.75, 3.05) is 81.8 Å². The van der Waals surface area contributed by atoms with Gasteiger partial charge >= 0.3 is 29.8 Å². The minimum Gasteiger partial charge on any atom is -0.481 e. The second kappa shape index (κ2) is 44.6. The summed E-state index contributed by atoms with van der Waals surface area (Å²) in [7, 11) is 0. The number of unbranched alkanes of at least 4 members (excludes halogenated alkanes) is 11. The lowest BCUT2D eigenvalue weighted by Gasteiger charge is -2.39. The van der Waals surface area contributed by atoms with Crippen LogP contribution in [-0.4, -0.2) is 158 Å². The first-order valence-electron chi connectivity index (χ1n) is 49.5. The monoisotopic (exact) mass is 1940 g/mol. The molecule has 8 aliphatic rings. The molecule has 5 aromatic heterocycles. The lowest BCUT2D eigenvalue weighted by Crippen LogP contribution is -2.47. The number of aromatic amines is 4. The van der Waals surface area contributed by atoms with E-state index in [2.05, 4.69) is 157 Å². The number of fused-ring (bicyclic) bond motifs is 9. The number of hydrogen-bond donors (Lipinski definition) is 10. The van der Waals surface area contributed by atoms with Crippen LogP contribution in [0.2, 0.25) is 0 Å². The number of piperazine rings is 1. The number of nitrogens with zero attached hydrogens (tertiary/aromatic N) is 15. The Hall–Kier alpha value is -14.5. The minimum absolute atomic E-state index is 0.0700. The first-order valence-corrected chi connectivity index (χ1v) is 49.5. The highest BCUT2D eigenvalue weighted by Gasteiger charge is 2.35. The van der Waals surface area contributed by atoms with Gasteiger partial charge in [0.05, 0.1) is 62.1 Å². The maximum atomic E-state index is 15.6. The zero-order valence-electron chi connectivity index (χ0n) is 82.0. The quantitative estimate of drug-likeness (QED) is 0.0162. The molecule has 0 radical (unpaired) electrons. The van der Waals surface area contributed by atoms with Crippen molar-refractivity contribution in [1.29, 1.82) is 0 Å². The standard InChI is InChI=1S/C36H38FN7O6.C25H32N4O3.C23H29N5O3.C22H28N4O3/c1-20-15-26-30(43(10-6-4-3-5-7-31(45)46)34-32(40-26)35(48)39-21(2)38-34)17-27(20)41-11-13-42(14-12-41)29-18-28-23(16-25(29)37)33(47)24(36(49)50)19-44(28)22-8-9-22;1-16-13-20-21(15-19(16)14-18-9-6-7-10-18)29(12-8-4-3-5-11-22(30)31)24-23(28-20)25(32)27-17(2)26-24;1-14-11-18-19(12-16(14)13-24-17-8-9-17)28(10-6-4-3-5-7-20(29)30)22-21(27-18)23(31)26-15(2)25-22;1-13-11-16-17(12-14(13)2)26(10-8-6-7-9-22(4,5)21(28)29)19-18(25-16)20(27)24-15(3)23-19/h15-19,22H,2-14H2,1H3,(H,39,48)(H,45,46)(H,49,50);13,15,18H,2-12,14H2,1H3,(H,27,32)(H,30,31);11-12,17,24H,2-10,13H2,1H3,(H,26,31)(H,29,30);11-12H,3,6-10H2,1-2,4-5H3,(H,24,27)(H,28,29). The molecule has 10 aromatic rings. The molecular formula is C106H127FN20O15. The summed E-state index contributed by atoms with van der Waals surface area (Å²) in [6.07, 6.45) is 25.3. The normalized spacial score (nSPS) is 14.8. The van der Waals surface area contributed by atoms with Gasteiger partial charge in [-0.1, -0.05) is 103 Å². The van der Waals surface area contributed by atoms with Crippen LogP contribution in [0.5, 0.6) is 0 Å². The third kappa shape index (κ3) is 24.2. The second-order valence-corrected chi connectivity index (χ2v) is 39.2. The van der Waals surface area contributed by atoms with E-state index in [4.69, 9.17) is 15.3 Å². The highest BCUT2D eigenvalue weighted by molar-refractivity contribution is 5.94. The molecule has 5 aliphatic heterocycles. The third-order valence-electron chi connectivity index (χ3n) is 27.8. The lowest BCUT2D eigenvalue weighted by molar-refractivity contribution is -0.147. The number of H-pyrrole nitrogens is 4. The second-order valence-electron chi connectivity index (χ2n) is 39.2. The number of carboxylic acids is 5. The molecule has 0 atom stereocenters. The summed E-state index contributed by atoms with van der Waals surface area (Å²) in [4.78, 5) is 178. The van der Waals surface area contributed by atoms with Crippen LogP contribution in [0.3, 0.4) is 0 Å². The number of benzene rings is 5. The summed E-state index contributed by atoms with van der Waals surface area (Å²) in [6, 6.07) is 20.2. The molecule has 5 aromatic carbocycles. The van der Waals surface area contributed by atoms with Gasteiger partial charge in [-0.05, 0) is 237 Å². The van der Waals surface area contributed by atoms with Gasteiger partial charge < -0.3 is 84.8 Å². The Kier molecular flexibility index (Phi) is 32.0. The smallest absolute Gasteiger partial charge is 0.341 e. The van der Waals surface area contributed by atoms with Crippen LogP contribution >= 0.6 is 0 Å². The molecule has 36 heteroatoms. The molecule has 748 valence electrons. The number of carboxylic acid groups (broad SMARTS) is 5. The van der Waals surface area contributed by atoms with Crippen LogP contribution in [0.15, 0.2) is 111 Å². The third-order valence-corrected chi connectivity index (χ3v) is 27.8. The highest BCUT2D eigenvalue weighted by atomic mass is 19.1. The van der Waals surface area contributed by atoms with Crippen molar-refractivity contribution in [2.24, 2.45) is 31.3 Å². The zero-order chi connectivity index (χ0) is 101. The van der Waals surface area contributed by atoms with E-state index in [-0.39, 0.29) is 69.3 Å². The number of pyridine rings is 1. The predicted molar refractivity (Wildman–Crippen MR) is 546 cm³/mol. The Morgan fingerprint density at radius 1 is 0.430 bits per heavy atom. The summed E-state index contributed by atoms with van der Waals surface area (Å²) in [5.74, 6) is -2.16. The predicted octanol–water partition coefficient (Wildman–Crippen LogP) is 12.4. The molecule has 142 heavy (non-hydrogen) atoms. The van der Waals surface area contributed by atoms with Crippen molar-refractivity contribution in [1.82, 2.24) is 49.8 Å². The van der Waals surface area contributed by atoms with Gasteiger partial charge in [-0.25, -0.2) is 49.1 Å². The first-order chi connectivity index (χ1) is 67.9. The van der Waals surface area contributed by atoms with Crippen molar-refractivity contribution in [3.05, 3.63) is 212 Å². The van der Waals surface area contributed by atoms with E-state index in [1.54, 1.807) is 24.5 Å². The van der Waals surface area contributed by atoms with Crippen molar-refractivity contribution in [3.63, 3.8) is 0 Å². The molecule has 3 saturated carbocycles. The SMILES string of the molecule is C=c1nc2c(c(=O)[nH]1)=Nc1cc(C)c(C)cc1N2CCCCCC(C)(C)C(=O)O.C=c1nc2c(c(=O)[nH]1)=Nc1cc(C)c(CC3CCCC3)cc1N2CCCCCCC(=O)O.C=c1nc2c(c(=O)[nH]1)=Nc1cc(C)c(CNC3CC3)cc1N2CCCCCCC(=O)O.C=c1nc2c(c(=O)[nH]1)=Nc1cc(C)c(N3CCN(c4cc5c(cc4F)c(=O)c(C(=O)O)cn5C4CC4)CC3)cc1N2CCCCCCC(=O)O. The van der Waals surface area contributed by atoms with Crippen LogP contribution in [0.25, 0.3) is 37.2 Å². The van der Waals surface area contributed by atoms with E-state index in [0.29, 0.717) is 157 Å². The van der Waals surface area contributed by atoms with Crippen LogP contribution in [0.4, 0.5) is 84.5 Å². The fourth-order valence-electron chi connectivity index (χ4n) is 19.4. The molecule has 0 bridgehead atoms. The number of nitrogens with one attached hydrogen (secondary N) is 5. The van der Waals surface area contributed by atoms with Crippen LogP contribution in [0.1, 0.15) is 243 Å². The molecule has 0 spiro atoms. The van der Waals surface area contributed by atoms with Crippen molar-refractivity contribution < 1.29 is 53.9 Å². The average Bonchev–Trinajstić information content (AvgIpc) is 1.67. The number of aromatic carboxylic acids is 1. The van der Waals surface area contributed by atoms with Gasteiger partial charge in [0.25, 0.3) is 22.2 Å². The molecule has 0 unspecified atom stereocenters. The Labute approximate surface area is 818 Å². The molecule has 1 saturated heterocycles. The Morgan fingerprint density at radius 3 is 1.21 bits per heavy atom. The summed E-state index contributed by atoms with van der Waals surface area (Å²) in [5, 5.41) is 50.3. The van der Waals surface area contributed by atoms with Gasteiger partial charge in [0.1, 0.15) is 33.3 Å². The van der Waals surface area contributed by atoms with Gasteiger partial charge in [-0.3, -0.25) is 43.2 Å². The number of rotatable bonds is 37. The van der Waals surface area contributed by atoms with E-state index in [1.807, 2.05) is 46.7 Å². The van der Waals surface area contributed by atoms with Crippen LogP contribution < -0.4 is 106 Å². The number of aromatic nitrogens is 9. The molecule has 4 fully saturated rings. The molecule has 3 aliphatic carbocycles.